The Morgan fingerprint density at radius 2 is 1.19 bits per heavy atom. The van der Waals surface area contributed by atoms with E-state index in [0.29, 0.717) is 0 Å². The van der Waals surface area contributed by atoms with E-state index in [-0.39, 0.29) is 0 Å². The summed E-state index contributed by atoms with van der Waals surface area (Å²) < 4.78 is 1.20. The summed E-state index contributed by atoms with van der Waals surface area (Å²) in [6, 6.07) is 15.9. The molecule has 0 spiro atoms. The minimum Gasteiger partial charge on any atom is -0.151 e. The first kappa shape index (κ1) is 11.3. The first-order valence-electron chi connectivity index (χ1n) is 4.98. The van der Waals surface area contributed by atoms with Crippen molar-refractivity contribution in [3.63, 3.8) is 0 Å². The lowest BCUT2D eigenvalue weighted by Crippen LogP contribution is -1.69. The van der Waals surface area contributed by atoms with E-state index in [4.69, 9.17) is 0 Å². The van der Waals surface area contributed by atoms with E-state index < -0.39 is 0 Å². The summed E-state index contributed by atoms with van der Waals surface area (Å²) in [7, 11) is 0. The third-order valence-electron chi connectivity index (χ3n) is 2.14. The zero-order valence-electron chi connectivity index (χ0n) is 8.89. The van der Waals surface area contributed by atoms with Gasteiger partial charge in [0.25, 0.3) is 0 Å². The highest BCUT2D eigenvalue weighted by Crippen LogP contribution is 2.19. The van der Waals surface area contributed by atoms with Crippen LogP contribution in [0, 0.1) is 10.5 Å². The number of rotatable bonds is 2. The Hall–Kier alpha value is -1.23. The van der Waals surface area contributed by atoms with Crippen LogP contribution in [0.5, 0.6) is 0 Å². The number of halogens is 1. The quantitative estimate of drug-likeness (QED) is 0.548. The second kappa shape index (κ2) is 5.21. The molecule has 2 aromatic carbocycles. The fourth-order valence-electron chi connectivity index (χ4n) is 1.23. The molecule has 0 aliphatic rings. The van der Waals surface area contributed by atoms with Gasteiger partial charge in [0.2, 0.25) is 0 Å². The van der Waals surface area contributed by atoms with Gasteiger partial charge in [0.15, 0.2) is 0 Å². The van der Waals surface area contributed by atoms with E-state index in [1.807, 2.05) is 48.5 Å². The minimum atomic E-state index is 0.876. The summed E-state index contributed by atoms with van der Waals surface area (Å²) in [6.07, 6.45) is 0. The molecular weight excluding hydrogens is 311 g/mol. The summed E-state index contributed by atoms with van der Waals surface area (Å²) in [5, 5.41) is 8.34. The van der Waals surface area contributed by atoms with Gasteiger partial charge in [-0.2, -0.15) is 10.2 Å². The summed E-state index contributed by atoms with van der Waals surface area (Å²) >= 11 is 2.27. The van der Waals surface area contributed by atoms with Crippen LogP contribution in [0.25, 0.3) is 0 Å². The number of nitrogens with zero attached hydrogens (tertiary/aromatic N) is 2. The topological polar surface area (TPSA) is 24.7 Å². The van der Waals surface area contributed by atoms with Crippen LogP contribution in [0.15, 0.2) is 58.8 Å². The van der Waals surface area contributed by atoms with Crippen LogP contribution in [0.4, 0.5) is 11.4 Å². The normalized spacial score (nSPS) is 10.9. The monoisotopic (exact) mass is 322 g/mol. The van der Waals surface area contributed by atoms with Crippen molar-refractivity contribution in [1.29, 1.82) is 0 Å². The Labute approximate surface area is 109 Å². The molecule has 0 saturated carbocycles. The van der Waals surface area contributed by atoms with Crippen LogP contribution < -0.4 is 0 Å². The fraction of sp³-hybridized carbons (Fsp3) is 0.0769. The van der Waals surface area contributed by atoms with Gasteiger partial charge in [0, 0.05) is 3.57 Å². The molecule has 2 rings (SSSR count). The Morgan fingerprint density at radius 3 is 1.69 bits per heavy atom. The SMILES string of the molecule is Cc1ccc(N=Nc2ccc(I)cc2)cc1. The van der Waals surface area contributed by atoms with Crippen molar-refractivity contribution in [2.45, 2.75) is 6.92 Å². The Bertz CT molecular complexity index is 439. The van der Waals surface area contributed by atoms with Crippen LogP contribution in [0.3, 0.4) is 0 Å². The molecule has 0 saturated heterocycles. The molecule has 0 amide bonds. The van der Waals surface area contributed by atoms with Gasteiger partial charge in [-0.1, -0.05) is 17.7 Å². The highest BCUT2D eigenvalue weighted by molar-refractivity contribution is 14.1. The lowest BCUT2D eigenvalue weighted by molar-refractivity contribution is 1.23. The van der Waals surface area contributed by atoms with Gasteiger partial charge < -0.3 is 0 Å². The molecule has 0 bridgehead atoms. The van der Waals surface area contributed by atoms with Gasteiger partial charge >= 0.3 is 0 Å². The zero-order chi connectivity index (χ0) is 11.4. The molecule has 3 heteroatoms. The standard InChI is InChI=1S/C13H11IN2/c1-10-2-6-12(7-3-10)15-16-13-8-4-11(14)5-9-13/h2-9H,1H3. The van der Waals surface area contributed by atoms with Crippen molar-refractivity contribution in [3.8, 4) is 0 Å². The Morgan fingerprint density at radius 1 is 0.750 bits per heavy atom. The molecule has 0 aliphatic carbocycles. The lowest BCUT2D eigenvalue weighted by Gasteiger charge is -1.94. The smallest absolute Gasteiger partial charge is 0.0857 e. The maximum Gasteiger partial charge on any atom is 0.0857 e. The van der Waals surface area contributed by atoms with Crippen molar-refractivity contribution < 1.29 is 0 Å². The van der Waals surface area contributed by atoms with Crippen molar-refractivity contribution in [2.75, 3.05) is 0 Å². The number of azo groups is 1. The van der Waals surface area contributed by atoms with Crippen LogP contribution in [0.1, 0.15) is 5.56 Å². The number of aryl methyl sites for hydroxylation is 1. The molecule has 0 N–H and O–H groups in total. The molecule has 0 aliphatic heterocycles. The lowest BCUT2D eigenvalue weighted by atomic mass is 10.2. The highest BCUT2D eigenvalue weighted by atomic mass is 127. The van der Waals surface area contributed by atoms with Gasteiger partial charge in [0.1, 0.15) is 0 Å². The van der Waals surface area contributed by atoms with Gasteiger partial charge in [-0.15, -0.1) is 0 Å². The van der Waals surface area contributed by atoms with Gasteiger partial charge in [-0.25, -0.2) is 0 Å². The van der Waals surface area contributed by atoms with Gasteiger partial charge in [-0.3, -0.25) is 0 Å². The van der Waals surface area contributed by atoms with Crippen molar-refractivity contribution in [2.24, 2.45) is 10.2 Å². The highest BCUT2D eigenvalue weighted by Gasteiger charge is 1.91. The molecule has 16 heavy (non-hydrogen) atoms. The summed E-state index contributed by atoms with van der Waals surface area (Å²) in [4.78, 5) is 0. The predicted octanol–water partition coefficient (Wildman–Crippen LogP) is 5.02. The fourth-order valence-corrected chi connectivity index (χ4v) is 1.59. The van der Waals surface area contributed by atoms with Gasteiger partial charge in [-0.05, 0) is 65.9 Å². The number of hydrogen-bond donors (Lipinski definition) is 0. The van der Waals surface area contributed by atoms with E-state index in [2.05, 4.69) is 39.7 Å². The van der Waals surface area contributed by atoms with Crippen LogP contribution in [-0.4, -0.2) is 0 Å². The van der Waals surface area contributed by atoms with E-state index in [1.165, 1.54) is 9.13 Å². The Balaban J connectivity index is 2.15. The van der Waals surface area contributed by atoms with Crippen LogP contribution >= 0.6 is 22.6 Å². The summed E-state index contributed by atoms with van der Waals surface area (Å²) in [5.74, 6) is 0. The average Bonchev–Trinajstić information content (AvgIpc) is 2.30. The van der Waals surface area contributed by atoms with E-state index in [1.54, 1.807) is 0 Å². The molecular formula is C13H11IN2. The minimum absolute atomic E-state index is 0.876. The predicted molar refractivity (Wildman–Crippen MR) is 74.5 cm³/mol. The molecule has 0 heterocycles. The third-order valence-corrected chi connectivity index (χ3v) is 2.86. The first-order valence-corrected chi connectivity index (χ1v) is 6.06. The number of benzene rings is 2. The molecule has 80 valence electrons. The molecule has 0 unspecified atom stereocenters. The van der Waals surface area contributed by atoms with Crippen LogP contribution in [0.2, 0.25) is 0 Å². The molecule has 2 aromatic rings. The zero-order valence-corrected chi connectivity index (χ0v) is 11.0. The molecule has 0 fully saturated rings. The largest absolute Gasteiger partial charge is 0.151 e. The van der Waals surface area contributed by atoms with E-state index in [0.717, 1.165) is 11.4 Å². The first-order chi connectivity index (χ1) is 7.74. The second-order valence-corrected chi connectivity index (χ2v) is 4.76. The maximum absolute atomic E-state index is 4.17. The van der Waals surface area contributed by atoms with E-state index in [9.17, 15) is 0 Å². The summed E-state index contributed by atoms with van der Waals surface area (Å²) in [5.41, 5.74) is 2.98. The van der Waals surface area contributed by atoms with E-state index >= 15 is 0 Å². The summed E-state index contributed by atoms with van der Waals surface area (Å²) in [6.45, 7) is 2.06. The van der Waals surface area contributed by atoms with Crippen molar-refractivity contribution in [1.82, 2.24) is 0 Å². The molecule has 2 nitrogen and oxygen atoms in total. The molecule has 0 atom stereocenters. The van der Waals surface area contributed by atoms with Crippen LogP contribution in [-0.2, 0) is 0 Å². The second-order valence-electron chi connectivity index (χ2n) is 3.51. The average molecular weight is 322 g/mol. The maximum atomic E-state index is 4.17. The molecule has 0 aromatic heterocycles. The van der Waals surface area contributed by atoms with Gasteiger partial charge in [0.05, 0.1) is 11.4 Å². The van der Waals surface area contributed by atoms with Crippen molar-refractivity contribution in [3.05, 3.63) is 57.7 Å². The molecule has 0 radical (unpaired) electrons. The van der Waals surface area contributed by atoms with Crippen molar-refractivity contribution >= 4 is 34.0 Å². The Kier molecular flexibility index (Phi) is 3.66. The number of hydrogen-bond acceptors (Lipinski definition) is 2. The third kappa shape index (κ3) is 3.13.